The molecule has 2 nitrogen and oxygen atoms in total. The zero-order chi connectivity index (χ0) is 13.6. The van der Waals surface area contributed by atoms with Gasteiger partial charge in [0.25, 0.3) is 0 Å². The van der Waals surface area contributed by atoms with Gasteiger partial charge in [0.1, 0.15) is 0 Å². The summed E-state index contributed by atoms with van der Waals surface area (Å²) in [5, 5.41) is 3.50. The summed E-state index contributed by atoms with van der Waals surface area (Å²) in [4.78, 5) is 2.44. The average Bonchev–Trinajstić information content (AvgIpc) is 2.29. The molecule has 0 radical (unpaired) electrons. The highest BCUT2D eigenvalue weighted by Crippen LogP contribution is 2.38. The third-order valence-corrected chi connectivity index (χ3v) is 4.15. The maximum absolute atomic E-state index is 3.85. The van der Waals surface area contributed by atoms with Gasteiger partial charge in [-0.1, -0.05) is 26.0 Å². The summed E-state index contributed by atoms with van der Waals surface area (Å²) >= 11 is 0. The lowest BCUT2D eigenvalue weighted by atomic mass is 9.69. The first-order chi connectivity index (χ1) is 8.52. The van der Waals surface area contributed by atoms with E-state index in [0.29, 0.717) is 11.5 Å². The predicted molar refractivity (Wildman–Crippen MR) is 80.8 cm³/mol. The Hall–Kier alpha value is -0.600. The van der Waals surface area contributed by atoms with Crippen molar-refractivity contribution in [3.8, 4) is 0 Å². The largest absolute Gasteiger partial charge is 0.317 e. The van der Waals surface area contributed by atoms with E-state index in [0.717, 1.165) is 25.6 Å². The van der Waals surface area contributed by atoms with Crippen molar-refractivity contribution in [3.05, 3.63) is 25.3 Å². The summed E-state index contributed by atoms with van der Waals surface area (Å²) < 4.78 is 0. The molecule has 1 N–H and O–H groups in total. The Bertz CT molecular complexity index is 260. The van der Waals surface area contributed by atoms with Gasteiger partial charge < -0.3 is 5.32 Å². The van der Waals surface area contributed by atoms with Crippen LogP contribution in [0, 0.1) is 11.3 Å². The molecule has 18 heavy (non-hydrogen) atoms. The predicted octanol–water partition coefficient (Wildman–Crippen LogP) is 3.07. The minimum absolute atomic E-state index is 0.492. The van der Waals surface area contributed by atoms with E-state index < -0.39 is 0 Å². The van der Waals surface area contributed by atoms with Gasteiger partial charge in [0.2, 0.25) is 0 Å². The van der Waals surface area contributed by atoms with Gasteiger partial charge in [0.05, 0.1) is 0 Å². The molecule has 0 aromatic heterocycles. The van der Waals surface area contributed by atoms with Gasteiger partial charge in [-0.25, -0.2) is 0 Å². The van der Waals surface area contributed by atoms with Crippen LogP contribution >= 0.6 is 0 Å². The van der Waals surface area contributed by atoms with Gasteiger partial charge in [0, 0.05) is 25.7 Å². The van der Waals surface area contributed by atoms with Crippen molar-refractivity contribution in [1.82, 2.24) is 10.2 Å². The number of hydrogen-bond acceptors (Lipinski definition) is 2. The van der Waals surface area contributed by atoms with Crippen molar-refractivity contribution in [3.63, 3.8) is 0 Å². The van der Waals surface area contributed by atoms with Gasteiger partial charge in [0.15, 0.2) is 0 Å². The van der Waals surface area contributed by atoms with Crippen molar-refractivity contribution in [2.45, 2.75) is 39.2 Å². The molecule has 0 saturated heterocycles. The summed E-state index contributed by atoms with van der Waals surface area (Å²) in [5.41, 5.74) is 0.492. The van der Waals surface area contributed by atoms with E-state index in [-0.39, 0.29) is 0 Å². The summed E-state index contributed by atoms with van der Waals surface area (Å²) in [5.74, 6) is 0.735. The molecule has 104 valence electrons. The Morgan fingerprint density at radius 2 is 1.89 bits per heavy atom. The summed E-state index contributed by atoms with van der Waals surface area (Å²) in [6, 6.07) is 0.662. The SMILES string of the molecule is C=CCN(CC=C)CC1CC(C)(C)CCC1NC. The van der Waals surface area contributed by atoms with E-state index in [1.165, 1.54) is 19.3 Å². The number of rotatable bonds is 7. The molecule has 2 heteroatoms. The monoisotopic (exact) mass is 250 g/mol. The molecule has 0 heterocycles. The van der Waals surface area contributed by atoms with E-state index >= 15 is 0 Å². The van der Waals surface area contributed by atoms with Crippen LogP contribution in [0.1, 0.15) is 33.1 Å². The third kappa shape index (κ3) is 4.58. The molecule has 0 aliphatic heterocycles. The normalized spacial score (nSPS) is 27.1. The van der Waals surface area contributed by atoms with E-state index in [1.54, 1.807) is 0 Å². The smallest absolute Gasteiger partial charge is 0.0164 e. The van der Waals surface area contributed by atoms with Gasteiger partial charge in [-0.05, 0) is 37.6 Å². The molecule has 1 aliphatic rings. The van der Waals surface area contributed by atoms with Crippen molar-refractivity contribution in [2.75, 3.05) is 26.7 Å². The van der Waals surface area contributed by atoms with E-state index in [4.69, 9.17) is 0 Å². The van der Waals surface area contributed by atoms with Crippen LogP contribution in [0.2, 0.25) is 0 Å². The van der Waals surface area contributed by atoms with Gasteiger partial charge in [-0.15, -0.1) is 13.2 Å². The van der Waals surface area contributed by atoms with E-state index in [9.17, 15) is 0 Å². The zero-order valence-electron chi connectivity index (χ0n) is 12.4. The fraction of sp³-hybridized carbons (Fsp3) is 0.750. The van der Waals surface area contributed by atoms with Crippen LogP contribution in [0.25, 0.3) is 0 Å². The zero-order valence-corrected chi connectivity index (χ0v) is 12.4. The second-order valence-electron chi connectivity index (χ2n) is 6.36. The van der Waals surface area contributed by atoms with Crippen molar-refractivity contribution >= 4 is 0 Å². The molecule has 0 bridgehead atoms. The first-order valence-corrected chi connectivity index (χ1v) is 7.14. The maximum Gasteiger partial charge on any atom is 0.0164 e. The average molecular weight is 250 g/mol. The van der Waals surface area contributed by atoms with Crippen LogP contribution in [-0.4, -0.2) is 37.6 Å². The van der Waals surface area contributed by atoms with Crippen LogP contribution in [0.4, 0.5) is 0 Å². The molecular weight excluding hydrogens is 220 g/mol. The molecular formula is C16H30N2. The van der Waals surface area contributed by atoms with E-state index in [2.05, 4.69) is 44.3 Å². The molecule has 1 saturated carbocycles. The first-order valence-electron chi connectivity index (χ1n) is 7.14. The van der Waals surface area contributed by atoms with Crippen LogP contribution in [0.5, 0.6) is 0 Å². The Morgan fingerprint density at radius 1 is 1.28 bits per heavy atom. The van der Waals surface area contributed by atoms with E-state index in [1.807, 2.05) is 12.2 Å². The second kappa shape index (κ2) is 7.10. The van der Waals surface area contributed by atoms with Crippen LogP contribution < -0.4 is 5.32 Å². The first kappa shape index (κ1) is 15.5. The Balaban J connectivity index is 2.63. The Morgan fingerprint density at radius 3 is 2.39 bits per heavy atom. The van der Waals surface area contributed by atoms with Gasteiger partial charge >= 0.3 is 0 Å². The number of nitrogens with zero attached hydrogens (tertiary/aromatic N) is 1. The van der Waals surface area contributed by atoms with Crippen LogP contribution in [0.15, 0.2) is 25.3 Å². The topological polar surface area (TPSA) is 15.3 Å². The lowest BCUT2D eigenvalue weighted by Crippen LogP contribution is -2.46. The fourth-order valence-electron chi connectivity index (χ4n) is 3.23. The maximum atomic E-state index is 3.85. The van der Waals surface area contributed by atoms with Gasteiger partial charge in [-0.3, -0.25) is 4.90 Å². The minimum atomic E-state index is 0.492. The molecule has 0 aromatic rings. The van der Waals surface area contributed by atoms with Crippen molar-refractivity contribution in [1.29, 1.82) is 0 Å². The lowest BCUT2D eigenvalue weighted by Gasteiger charge is -2.42. The molecule has 1 fully saturated rings. The number of hydrogen-bond donors (Lipinski definition) is 1. The molecule has 2 atom stereocenters. The summed E-state index contributed by atoms with van der Waals surface area (Å²) in [6.45, 7) is 15.6. The second-order valence-corrected chi connectivity index (χ2v) is 6.36. The third-order valence-electron chi connectivity index (χ3n) is 4.15. The highest BCUT2D eigenvalue weighted by atomic mass is 15.1. The molecule has 1 aliphatic carbocycles. The standard InChI is InChI=1S/C16H30N2/c1-6-10-18(11-7-2)13-14-12-16(3,4)9-8-15(14)17-5/h6-7,14-15,17H,1-2,8-13H2,3-5H3. The molecule has 0 spiro atoms. The summed E-state index contributed by atoms with van der Waals surface area (Å²) in [7, 11) is 2.10. The van der Waals surface area contributed by atoms with Crippen LogP contribution in [-0.2, 0) is 0 Å². The van der Waals surface area contributed by atoms with Gasteiger partial charge in [-0.2, -0.15) is 0 Å². The minimum Gasteiger partial charge on any atom is -0.317 e. The highest BCUT2D eigenvalue weighted by Gasteiger charge is 2.34. The molecule has 0 amide bonds. The molecule has 1 rings (SSSR count). The fourth-order valence-corrected chi connectivity index (χ4v) is 3.23. The van der Waals surface area contributed by atoms with Crippen LogP contribution in [0.3, 0.4) is 0 Å². The van der Waals surface area contributed by atoms with Crippen molar-refractivity contribution in [2.24, 2.45) is 11.3 Å². The number of nitrogens with one attached hydrogen (secondary N) is 1. The quantitative estimate of drug-likeness (QED) is 0.699. The summed E-state index contributed by atoms with van der Waals surface area (Å²) in [6.07, 6.45) is 7.92. The highest BCUT2D eigenvalue weighted by molar-refractivity contribution is 4.91. The lowest BCUT2D eigenvalue weighted by molar-refractivity contribution is 0.111. The molecule has 2 unspecified atom stereocenters. The van der Waals surface area contributed by atoms with Crippen molar-refractivity contribution < 1.29 is 0 Å². The molecule has 0 aromatic carbocycles. The Labute approximate surface area is 113 Å². The Kier molecular flexibility index (Phi) is 6.10.